The molecule has 0 aromatic heterocycles. The van der Waals surface area contributed by atoms with Crippen molar-refractivity contribution in [1.82, 2.24) is 9.62 Å². The second-order valence-corrected chi connectivity index (χ2v) is 8.56. The highest BCUT2D eigenvalue weighted by atomic mass is 32.2. The Morgan fingerprint density at radius 2 is 1.59 bits per heavy atom. The van der Waals surface area contributed by atoms with Crippen molar-refractivity contribution in [1.29, 1.82) is 0 Å². The van der Waals surface area contributed by atoms with Gasteiger partial charge in [-0.05, 0) is 48.2 Å². The zero-order valence-corrected chi connectivity index (χ0v) is 16.2. The SMILES string of the molecule is COc1ccc(CNC(=O)c2ccc(CS(=O)(=O)N3CCCC3)cc2)cc1. The largest absolute Gasteiger partial charge is 0.497 e. The van der Waals surface area contributed by atoms with Gasteiger partial charge in [0, 0.05) is 25.2 Å². The quantitative estimate of drug-likeness (QED) is 0.791. The highest BCUT2D eigenvalue weighted by molar-refractivity contribution is 7.88. The van der Waals surface area contributed by atoms with Gasteiger partial charge in [-0.15, -0.1) is 0 Å². The maximum absolute atomic E-state index is 12.4. The van der Waals surface area contributed by atoms with Crippen LogP contribution in [0.4, 0.5) is 0 Å². The Morgan fingerprint density at radius 3 is 2.19 bits per heavy atom. The third kappa shape index (κ3) is 5.08. The number of hydrogen-bond acceptors (Lipinski definition) is 4. The Hall–Kier alpha value is -2.38. The molecule has 1 heterocycles. The molecule has 7 heteroatoms. The minimum atomic E-state index is -3.28. The van der Waals surface area contributed by atoms with Gasteiger partial charge in [-0.1, -0.05) is 24.3 Å². The van der Waals surface area contributed by atoms with Crippen LogP contribution in [0.25, 0.3) is 0 Å². The van der Waals surface area contributed by atoms with E-state index in [1.807, 2.05) is 24.3 Å². The van der Waals surface area contributed by atoms with Gasteiger partial charge >= 0.3 is 0 Å². The number of rotatable bonds is 7. The van der Waals surface area contributed by atoms with Gasteiger partial charge in [0.05, 0.1) is 12.9 Å². The predicted molar refractivity (Wildman–Crippen MR) is 104 cm³/mol. The highest BCUT2D eigenvalue weighted by Crippen LogP contribution is 2.17. The summed E-state index contributed by atoms with van der Waals surface area (Å²) in [5.74, 6) is 0.546. The first-order chi connectivity index (χ1) is 13.0. The molecule has 0 spiro atoms. The first-order valence-electron chi connectivity index (χ1n) is 8.96. The molecular weight excluding hydrogens is 364 g/mol. The first kappa shape index (κ1) is 19.4. The van der Waals surface area contributed by atoms with Gasteiger partial charge < -0.3 is 10.1 Å². The van der Waals surface area contributed by atoms with E-state index in [-0.39, 0.29) is 11.7 Å². The number of ether oxygens (including phenoxy) is 1. The third-order valence-corrected chi connectivity index (χ3v) is 6.49. The number of nitrogens with zero attached hydrogens (tertiary/aromatic N) is 1. The number of hydrogen-bond donors (Lipinski definition) is 1. The molecule has 2 aromatic carbocycles. The Kier molecular flexibility index (Phi) is 6.13. The Bertz CT molecular complexity index is 871. The summed E-state index contributed by atoms with van der Waals surface area (Å²) in [7, 11) is -1.67. The van der Waals surface area contributed by atoms with E-state index in [2.05, 4.69) is 5.32 Å². The van der Waals surface area contributed by atoms with Crippen LogP contribution in [0.3, 0.4) is 0 Å². The van der Waals surface area contributed by atoms with Crippen molar-refractivity contribution in [2.24, 2.45) is 0 Å². The van der Waals surface area contributed by atoms with Crippen molar-refractivity contribution < 1.29 is 17.9 Å². The molecule has 144 valence electrons. The lowest BCUT2D eigenvalue weighted by Crippen LogP contribution is -2.29. The van der Waals surface area contributed by atoms with Crippen molar-refractivity contribution >= 4 is 15.9 Å². The Morgan fingerprint density at radius 1 is 1.00 bits per heavy atom. The van der Waals surface area contributed by atoms with Gasteiger partial charge in [-0.2, -0.15) is 0 Å². The van der Waals surface area contributed by atoms with E-state index < -0.39 is 10.0 Å². The fraction of sp³-hybridized carbons (Fsp3) is 0.350. The van der Waals surface area contributed by atoms with Crippen LogP contribution in [-0.4, -0.2) is 38.8 Å². The molecule has 27 heavy (non-hydrogen) atoms. The Labute approximate surface area is 160 Å². The number of carbonyl (C=O) groups excluding carboxylic acids is 1. The third-order valence-electron chi connectivity index (χ3n) is 4.64. The molecular formula is C20H24N2O4S. The molecule has 1 saturated heterocycles. The summed E-state index contributed by atoms with van der Waals surface area (Å²) in [5, 5.41) is 2.86. The van der Waals surface area contributed by atoms with E-state index >= 15 is 0 Å². The number of carbonyl (C=O) groups is 1. The minimum Gasteiger partial charge on any atom is -0.497 e. The summed E-state index contributed by atoms with van der Waals surface area (Å²) in [5.41, 5.74) is 2.16. The van der Waals surface area contributed by atoms with Gasteiger partial charge in [0.25, 0.3) is 5.91 Å². The van der Waals surface area contributed by atoms with E-state index in [9.17, 15) is 13.2 Å². The number of benzene rings is 2. The molecule has 0 bridgehead atoms. The molecule has 3 rings (SSSR count). The summed E-state index contributed by atoms with van der Waals surface area (Å²) < 4.78 is 31.4. The highest BCUT2D eigenvalue weighted by Gasteiger charge is 2.25. The van der Waals surface area contributed by atoms with Crippen LogP contribution in [-0.2, 0) is 22.3 Å². The molecule has 1 fully saturated rings. The average Bonchev–Trinajstić information content (AvgIpc) is 3.23. The lowest BCUT2D eigenvalue weighted by molar-refractivity contribution is 0.0951. The average molecular weight is 388 g/mol. The van der Waals surface area contributed by atoms with Crippen LogP contribution in [0.1, 0.15) is 34.3 Å². The zero-order chi connectivity index (χ0) is 19.3. The summed E-state index contributed by atoms with van der Waals surface area (Å²) in [4.78, 5) is 12.3. The van der Waals surface area contributed by atoms with Crippen LogP contribution in [0.15, 0.2) is 48.5 Å². The second kappa shape index (κ2) is 8.54. The smallest absolute Gasteiger partial charge is 0.251 e. The van der Waals surface area contributed by atoms with Crippen molar-refractivity contribution in [3.8, 4) is 5.75 Å². The maximum Gasteiger partial charge on any atom is 0.251 e. The van der Waals surface area contributed by atoms with Gasteiger partial charge in [0.1, 0.15) is 5.75 Å². The molecule has 6 nitrogen and oxygen atoms in total. The van der Waals surface area contributed by atoms with E-state index in [1.165, 1.54) is 0 Å². The predicted octanol–water partition coefficient (Wildman–Crippen LogP) is 2.55. The van der Waals surface area contributed by atoms with E-state index in [0.29, 0.717) is 30.8 Å². The van der Waals surface area contributed by atoms with Gasteiger partial charge in [-0.25, -0.2) is 12.7 Å². The number of amides is 1. The molecule has 2 aromatic rings. The minimum absolute atomic E-state index is 0.0270. The van der Waals surface area contributed by atoms with Crippen molar-refractivity contribution in [3.63, 3.8) is 0 Å². The van der Waals surface area contributed by atoms with Crippen LogP contribution < -0.4 is 10.1 Å². The summed E-state index contributed by atoms with van der Waals surface area (Å²) in [6.07, 6.45) is 1.85. The summed E-state index contributed by atoms with van der Waals surface area (Å²) in [6, 6.07) is 14.2. The summed E-state index contributed by atoms with van der Waals surface area (Å²) >= 11 is 0. The molecule has 1 N–H and O–H groups in total. The molecule has 0 radical (unpaired) electrons. The second-order valence-electron chi connectivity index (χ2n) is 6.59. The van der Waals surface area contributed by atoms with Crippen LogP contribution >= 0.6 is 0 Å². The van der Waals surface area contributed by atoms with Gasteiger partial charge in [-0.3, -0.25) is 4.79 Å². The number of sulfonamides is 1. The van der Waals surface area contributed by atoms with E-state index in [1.54, 1.807) is 35.7 Å². The maximum atomic E-state index is 12.4. The number of nitrogens with one attached hydrogen (secondary N) is 1. The van der Waals surface area contributed by atoms with Crippen molar-refractivity contribution in [2.45, 2.75) is 25.1 Å². The topological polar surface area (TPSA) is 75.7 Å². The lowest BCUT2D eigenvalue weighted by Gasteiger charge is -2.15. The molecule has 0 atom stereocenters. The van der Waals surface area contributed by atoms with Gasteiger partial charge in [0.2, 0.25) is 10.0 Å². The fourth-order valence-corrected chi connectivity index (χ4v) is 4.66. The lowest BCUT2D eigenvalue weighted by atomic mass is 10.1. The van der Waals surface area contributed by atoms with Gasteiger partial charge in [0.15, 0.2) is 0 Å². The van der Waals surface area contributed by atoms with Crippen LogP contribution in [0.2, 0.25) is 0 Å². The van der Waals surface area contributed by atoms with E-state index in [4.69, 9.17) is 4.74 Å². The van der Waals surface area contributed by atoms with Crippen LogP contribution in [0, 0.1) is 0 Å². The van der Waals surface area contributed by atoms with Crippen molar-refractivity contribution in [3.05, 3.63) is 65.2 Å². The molecule has 0 unspecified atom stereocenters. The fourth-order valence-electron chi connectivity index (χ4n) is 3.05. The Balaban J connectivity index is 1.56. The number of methoxy groups -OCH3 is 1. The first-order valence-corrected chi connectivity index (χ1v) is 10.6. The molecule has 1 aliphatic rings. The zero-order valence-electron chi connectivity index (χ0n) is 15.3. The molecule has 0 aliphatic carbocycles. The standard InChI is InChI=1S/C20H24N2O4S/c1-26-19-10-6-16(7-11-19)14-21-20(23)18-8-4-17(5-9-18)15-27(24,25)22-12-2-3-13-22/h4-11H,2-3,12-15H2,1H3,(H,21,23). The van der Waals surface area contributed by atoms with E-state index in [0.717, 1.165) is 24.2 Å². The molecule has 1 aliphatic heterocycles. The monoisotopic (exact) mass is 388 g/mol. The molecule has 0 saturated carbocycles. The van der Waals surface area contributed by atoms with Crippen LogP contribution in [0.5, 0.6) is 5.75 Å². The van der Waals surface area contributed by atoms with Crippen molar-refractivity contribution in [2.75, 3.05) is 20.2 Å². The molecule has 1 amide bonds. The normalized spacial score (nSPS) is 14.9. The summed E-state index contributed by atoms with van der Waals surface area (Å²) in [6.45, 7) is 1.62.